The van der Waals surface area contributed by atoms with Gasteiger partial charge in [0.1, 0.15) is 0 Å². The number of carbonyl (C=O) groups excluding carboxylic acids is 4. The zero-order chi connectivity index (χ0) is 32.0. The van der Waals surface area contributed by atoms with Crippen molar-refractivity contribution >= 4 is 57.2 Å². The molecule has 2 N–H and O–H groups in total. The molecule has 0 aromatic heterocycles. The number of hydrogen-bond acceptors (Lipinski definition) is 9. The van der Waals surface area contributed by atoms with E-state index in [4.69, 9.17) is 9.47 Å². The first kappa shape index (κ1) is 30.4. The van der Waals surface area contributed by atoms with Crippen LogP contribution in [0, 0.1) is 16.7 Å². The number of rotatable bonds is 5. The second-order valence-electron chi connectivity index (χ2n) is 11.3. The minimum Gasteiger partial charge on any atom is -0.454 e. The number of thioether (sulfide) groups is 2. The second-order valence-corrected chi connectivity index (χ2v) is 13.9. The topological polar surface area (TPSA) is 141 Å². The fourth-order valence-electron chi connectivity index (χ4n) is 6.06. The molecule has 3 aliphatic heterocycles. The van der Waals surface area contributed by atoms with E-state index in [-0.39, 0.29) is 13.2 Å². The first-order valence-corrected chi connectivity index (χ1v) is 15.7. The Kier molecular flexibility index (Phi) is 7.66. The molecular weight excluding hydrogens is 615 g/mol. The highest BCUT2D eigenvalue weighted by atomic mass is 32.2. The van der Waals surface area contributed by atoms with Gasteiger partial charge in [-0.3, -0.25) is 19.2 Å². The molecule has 230 valence electrons. The van der Waals surface area contributed by atoms with Crippen molar-refractivity contribution in [1.82, 2.24) is 9.80 Å². The van der Waals surface area contributed by atoms with Crippen LogP contribution < -0.4 is 20.1 Å². The number of carbonyl (C=O) groups is 4. The summed E-state index contributed by atoms with van der Waals surface area (Å²) in [5, 5.41) is 15.0. The van der Waals surface area contributed by atoms with Gasteiger partial charge in [0.2, 0.25) is 6.79 Å². The molecule has 45 heavy (non-hydrogen) atoms. The largest absolute Gasteiger partial charge is 0.454 e. The zero-order valence-corrected chi connectivity index (χ0v) is 26.2. The lowest BCUT2D eigenvalue weighted by molar-refractivity contribution is -0.163. The quantitative estimate of drug-likeness (QED) is 0.341. The molecule has 3 aromatic rings. The smallest absolute Gasteiger partial charge is 0.286 e. The molecule has 11 nitrogen and oxygen atoms in total. The molecule has 4 amide bonds. The van der Waals surface area contributed by atoms with Gasteiger partial charge in [-0.15, -0.1) is 0 Å². The molecule has 0 saturated carbocycles. The van der Waals surface area contributed by atoms with Crippen molar-refractivity contribution in [3.63, 3.8) is 0 Å². The van der Waals surface area contributed by atoms with Crippen LogP contribution in [0.3, 0.4) is 0 Å². The highest BCUT2D eigenvalue weighted by Crippen LogP contribution is 2.62. The van der Waals surface area contributed by atoms with Crippen molar-refractivity contribution < 1.29 is 28.7 Å². The van der Waals surface area contributed by atoms with Crippen LogP contribution in [0.5, 0.6) is 11.5 Å². The number of nitrogens with zero attached hydrogens (tertiary/aromatic N) is 3. The van der Waals surface area contributed by atoms with Crippen molar-refractivity contribution in [2.75, 3.05) is 24.5 Å². The van der Waals surface area contributed by atoms with Crippen molar-refractivity contribution in [2.45, 2.75) is 36.1 Å². The van der Waals surface area contributed by atoms with Gasteiger partial charge in [0, 0.05) is 24.8 Å². The molecule has 2 saturated heterocycles. The standard InChI is InChI=1S/C32H29N5O6S2/c1-30(18-33)17-32(45-29(41)35-22-12-8-5-9-13-22)27(39)36(3)31(2,44-28(40)34-21-10-6-4-7-11-21)26(38)37(32)25(30)20-14-15-23-24(16-20)43-19-42-23/h4-16,25H,17,19H2,1-3H3,(H,34,40)(H,35,41)/t25?,30-,31+,32?/m1/s1. The maximum atomic E-state index is 14.9. The summed E-state index contributed by atoms with van der Waals surface area (Å²) in [6.07, 6.45) is -0.144. The summed E-state index contributed by atoms with van der Waals surface area (Å²) >= 11 is 1.32. The van der Waals surface area contributed by atoms with E-state index in [1.165, 1.54) is 23.8 Å². The molecule has 3 heterocycles. The SMILES string of the molecule is CN1C(=O)C2(SC(=O)Nc3ccccc3)C[C@](C)(C#N)C(c3ccc4c(c3)OCO4)N2C(=O)[C@]1(C)SC(=O)Nc1ccccc1. The van der Waals surface area contributed by atoms with E-state index in [1.807, 2.05) is 6.07 Å². The summed E-state index contributed by atoms with van der Waals surface area (Å²) in [6.45, 7) is 3.19. The van der Waals surface area contributed by atoms with Gasteiger partial charge in [-0.2, -0.15) is 5.26 Å². The van der Waals surface area contributed by atoms with Crippen molar-refractivity contribution in [1.29, 1.82) is 5.26 Å². The average Bonchev–Trinajstić information content (AvgIpc) is 3.60. The van der Waals surface area contributed by atoms with Crippen LogP contribution in [-0.4, -0.2) is 55.7 Å². The summed E-state index contributed by atoms with van der Waals surface area (Å²) in [5.74, 6) is -0.230. The number of piperazine rings is 1. The molecule has 0 radical (unpaired) electrons. The van der Waals surface area contributed by atoms with Crippen LogP contribution in [0.1, 0.15) is 31.9 Å². The third kappa shape index (κ3) is 5.13. The molecule has 3 aromatic carbocycles. The van der Waals surface area contributed by atoms with Crippen LogP contribution in [0.2, 0.25) is 0 Å². The first-order valence-electron chi connectivity index (χ1n) is 14.0. The van der Waals surface area contributed by atoms with Gasteiger partial charge >= 0.3 is 0 Å². The number of nitrogens with one attached hydrogen (secondary N) is 2. The minimum absolute atomic E-state index is 0.0234. The van der Waals surface area contributed by atoms with Crippen LogP contribution in [0.15, 0.2) is 78.9 Å². The van der Waals surface area contributed by atoms with Gasteiger partial charge in [0.05, 0.1) is 17.5 Å². The predicted molar refractivity (Wildman–Crippen MR) is 170 cm³/mol. The van der Waals surface area contributed by atoms with Gasteiger partial charge in [0.15, 0.2) is 21.2 Å². The van der Waals surface area contributed by atoms with E-state index in [0.717, 1.165) is 0 Å². The van der Waals surface area contributed by atoms with Gasteiger partial charge in [-0.05, 0) is 79.3 Å². The number of benzene rings is 3. The second kappa shape index (κ2) is 11.4. The third-order valence-corrected chi connectivity index (χ3v) is 10.6. The highest BCUT2D eigenvalue weighted by molar-refractivity contribution is 8.16. The van der Waals surface area contributed by atoms with Crippen molar-refractivity contribution in [3.8, 4) is 17.6 Å². The Morgan fingerprint density at radius 1 is 0.867 bits per heavy atom. The summed E-state index contributed by atoms with van der Waals surface area (Å²) in [6, 6.07) is 24.0. The molecule has 0 spiro atoms. The van der Waals surface area contributed by atoms with Crippen molar-refractivity contribution in [2.24, 2.45) is 5.41 Å². The van der Waals surface area contributed by atoms with Gasteiger partial charge in [0.25, 0.3) is 22.3 Å². The van der Waals surface area contributed by atoms with Crippen LogP contribution in [0.4, 0.5) is 21.0 Å². The van der Waals surface area contributed by atoms with Gasteiger partial charge in [-0.25, -0.2) is 0 Å². The summed E-state index contributed by atoms with van der Waals surface area (Å²) in [4.78, 5) is 55.4. The number of fused-ring (bicyclic) bond motifs is 2. The van der Waals surface area contributed by atoms with Gasteiger partial charge in [-0.1, -0.05) is 42.5 Å². The molecule has 2 fully saturated rings. The molecule has 0 bridgehead atoms. The number of nitriles is 1. The summed E-state index contributed by atoms with van der Waals surface area (Å²) < 4.78 is 11.1. The normalized spacial score (nSPS) is 26.7. The maximum Gasteiger partial charge on any atom is 0.286 e. The van der Waals surface area contributed by atoms with E-state index in [0.29, 0.717) is 52.0 Å². The predicted octanol–water partition coefficient (Wildman–Crippen LogP) is 6.03. The molecule has 6 rings (SSSR count). The molecule has 13 heteroatoms. The van der Waals surface area contributed by atoms with Gasteiger partial charge < -0.3 is 29.9 Å². The lowest BCUT2D eigenvalue weighted by Gasteiger charge is -2.52. The fourth-order valence-corrected chi connectivity index (χ4v) is 8.36. The lowest BCUT2D eigenvalue weighted by Crippen LogP contribution is -2.71. The fraction of sp³-hybridized carbons (Fsp3) is 0.281. The van der Waals surface area contributed by atoms with Crippen LogP contribution in [0.25, 0.3) is 0 Å². The van der Waals surface area contributed by atoms with Crippen LogP contribution >= 0.6 is 23.5 Å². The monoisotopic (exact) mass is 643 g/mol. The Balaban J connectivity index is 1.44. The van der Waals surface area contributed by atoms with E-state index < -0.39 is 43.5 Å². The van der Waals surface area contributed by atoms with E-state index in [1.54, 1.807) is 79.7 Å². The first-order chi connectivity index (χ1) is 21.5. The number of para-hydroxylation sites is 2. The number of likely N-dealkylation sites (N-methyl/N-ethyl adjacent to an activating group) is 1. The van der Waals surface area contributed by atoms with Crippen LogP contribution in [-0.2, 0) is 9.59 Å². The Morgan fingerprint density at radius 3 is 2.04 bits per heavy atom. The molecule has 4 atom stereocenters. The number of hydrogen-bond donors (Lipinski definition) is 2. The zero-order valence-electron chi connectivity index (χ0n) is 24.6. The minimum atomic E-state index is -1.80. The summed E-state index contributed by atoms with van der Waals surface area (Å²) in [5.41, 5.74) is 0.241. The molecule has 3 aliphatic rings. The number of amides is 4. The Bertz CT molecular complexity index is 1740. The Morgan fingerprint density at radius 2 is 1.44 bits per heavy atom. The molecule has 0 aliphatic carbocycles. The molecule has 2 unspecified atom stereocenters. The van der Waals surface area contributed by atoms with E-state index in [2.05, 4.69) is 16.7 Å². The summed E-state index contributed by atoms with van der Waals surface area (Å²) in [7, 11) is 1.44. The molecular formula is C32H29N5O6S2. The third-order valence-electron chi connectivity index (χ3n) is 8.31. The number of anilines is 2. The van der Waals surface area contributed by atoms with Crippen molar-refractivity contribution in [3.05, 3.63) is 84.4 Å². The van der Waals surface area contributed by atoms with E-state index in [9.17, 15) is 24.4 Å². The maximum absolute atomic E-state index is 14.9. The Hall–Kier alpha value is -4.67. The lowest BCUT2D eigenvalue weighted by atomic mass is 9.79. The average molecular weight is 644 g/mol. The van der Waals surface area contributed by atoms with E-state index >= 15 is 0 Å². The Labute approximate surface area is 268 Å². The number of ether oxygens (including phenoxy) is 2. The highest BCUT2D eigenvalue weighted by Gasteiger charge is 2.72.